The zero-order chi connectivity index (χ0) is 25.3. The first-order valence-electron chi connectivity index (χ1n) is 12.2. The number of carbonyl (C=O) groups excluding carboxylic acids is 3. The van der Waals surface area contributed by atoms with Gasteiger partial charge in [0.05, 0.1) is 17.5 Å². The molecule has 1 aliphatic heterocycles. The Balaban J connectivity index is 1.63. The first-order chi connectivity index (χ1) is 17.6. The Kier molecular flexibility index (Phi) is 8.86. The van der Waals surface area contributed by atoms with Gasteiger partial charge in [-0.1, -0.05) is 55.5 Å². The second-order valence-electron chi connectivity index (χ2n) is 8.64. The van der Waals surface area contributed by atoms with Crippen LogP contribution in [-0.2, 0) is 20.7 Å². The Morgan fingerprint density at radius 3 is 2.44 bits per heavy atom. The fourth-order valence-corrected chi connectivity index (χ4v) is 4.87. The second kappa shape index (κ2) is 12.5. The van der Waals surface area contributed by atoms with Crippen molar-refractivity contribution < 1.29 is 19.1 Å². The Labute approximate surface area is 215 Å². The molecular formula is C28H31N3O4S. The van der Waals surface area contributed by atoms with E-state index in [1.807, 2.05) is 60.0 Å². The van der Waals surface area contributed by atoms with E-state index in [-0.39, 0.29) is 30.4 Å². The van der Waals surface area contributed by atoms with Gasteiger partial charge in [0.1, 0.15) is 6.04 Å². The van der Waals surface area contributed by atoms with Crippen molar-refractivity contribution in [2.24, 2.45) is 0 Å². The number of nitrogens with zero attached hydrogens (tertiary/aromatic N) is 1. The van der Waals surface area contributed by atoms with Crippen LogP contribution in [0.1, 0.15) is 46.6 Å². The molecule has 188 valence electrons. The molecule has 2 N–H and O–H groups in total. The number of aryl methyl sites for hydroxylation is 1. The number of nitrogens with one attached hydrogen (secondary N) is 2. The van der Waals surface area contributed by atoms with E-state index in [1.165, 1.54) is 16.2 Å². The van der Waals surface area contributed by atoms with Gasteiger partial charge in [0.25, 0.3) is 5.91 Å². The van der Waals surface area contributed by atoms with Gasteiger partial charge in [-0.15, -0.1) is 11.3 Å². The summed E-state index contributed by atoms with van der Waals surface area (Å²) in [6.45, 7) is 2.90. The number of anilines is 1. The lowest BCUT2D eigenvalue weighted by Crippen LogP contribution is -2.48. The van der Waals surface area contributed by atoms with Crippen molar-refractivity contribution in [1.82, 2.24) is 10.6 Å². The summed E-state index contributed by atoms with van der Waals surface area (Å²) in [7, 11) is 0. The Morgan fingerprint density at radius 1 is 1.03 bits per heavy atom. The minimum Gasteiger partial charge on any atom is -0.376 e. The molecule has 4 rings (SSSR count). The van der Waals surface area contributed by atoms with Crippen molar-refractivity contribution in [1.29, 1.82) is 0 Å². The Morgan fingerprint density at radius 2 is 1.81 bits per heavy atom. The van der Waals surface area contributed by atoms with E-state index in [1.54, 1.807) is 12.1 Å². The smallest absolute Gasteiger partial charge is 0.261 e. The van der Waals surface area contributed by atoms with Gasteiger partial charge in [0.15, 0.2) is 0 Å². The number of hydrogen-bond acceptors (Lipinski definition) is 5. The third-order valence-electron chi connectivity index (χ3n) is 6.19. The van der Waals surface area contributed by atoms with Gasteiger partial charge in [-0.3, -0.25) is 19.3 Å². The quantitative estimate of drug-likeness (QED) is 0.434. The predicted molar refractivity (Wildman–Crippen MR) is 141 cm³/mol. The molecule has 2 atom stereocenters. The van der Waals surface area contributed by atoms with Crippen molar-refractivity contribution in [3.8, 4) is 0 Å². The number of rotatable bonds is 10. The predicted octanol–water partition coefficient (Wildman–Crippen LogP) is 4.11. The summed E-state index contributed by atoms with van der Waals surface area (Å²) >= 11 is 1.31. The molecule has 0 spiro atoms. The maximum absolute atomic E-state index is 13.7. The summed E-state index contributed by atoms with van der Waals surface area (Å²) in [6.07, 6.45) is 2.70. The SMILES string of the molecule is CCc1ccc(N(C(=O)CNC(=O)c2cccs2)[C@@H](C(=O)NC[C@@H]2CCCO2)c2ccccc2)cc1. The average Bonchev–Trinajstić information content (AvgIpc) is 3.64. The average molecular weight is 506 g/mol. The van der Waals surface area contributed by atoms with E-state index in [4.69, 9.17) is 4.74 Å². The van der Waals surface area contributed by atoms with E-state index < -0.39 is 6.04 Å². The molecular weight excluding hydrogens is 474 g/mol. The minimum atomic E-state index is -0.911. The number of amides is 3. The maximum Gasteiger partial charge on any atom is 0.261 e. The van der Waals surface area contributed by atoms with Crippen LogP contribution in [0.15, 0.2) is 72.1 Å². The van der Waals surface area contributed by atoms with Gasteiger partial charge in [0, 0.05) is 18.8 Å². The number of thiophene rings is 1. The van der Waals surface area contributed by atoms with Gasteiger partial charge < -0.3 is 15.4 Å². The fraction of sp³-hybridized carbons (Fsp3) is 0.321. The molecule has 1 aliphatic rings. The normalized spacial score (nSPS) is 15.8. The number of carbonyl (C=O) groups is 3. The summed E-state index contributed by atoms with van der Waals surface area (Å²) < 4.78 is 5.67. The molecule has 3 amide bonds. The van der Waals surface area contributed by atoms with E-state index >= 15 is 0 Å². The molecule has 0 aliphatic carbocycles. The molecule has 0 bridgehead atoms. The topological polar surface area (TPSA) is 87.7 Å². The lowest BCUT2D eigenvalue weighted by atomic mass is 10.0. The highest BCUT2D eigenvalue weighted by Gasteiger charge is 2.33. The molecule has 0 radical (unpaired) electrons. The zero-order valence-electron chi connectivity index (χ0n) is 20.3. The molecule has 1 saturated heterocycles. The van der Waals surface area contributed by atoms with E-state index in [0.717, 1.165) is 24.8 Å². The van der Waals surface area contributed by atoms with Crippen LogP contribution in [0.25, 0.3) is 0 Å². The molecule has 2 aromatic carbocycles. The maximum atomic E-state index is 13.7. The lowest BCUT2D eigenvalue weighted by molar-refractivity contribution is -0.126. The van der Waals surface area contributed by atoms with Crippen molar-refractivity contribution >= 4 is 34.7 Å². The molecule has 7 nitrogen and oxygen atoms in total. The van der Waals surface area contributed by atoms with Crippen LogP contribution in [0.5, 0.6) is 0 Å². The first kappa shape index (κ1) is 25.6. The molecule has 1 fully saturated rings. The van der Waals surface area contributed by atoms with Crippen LogP contribution in [-0.4, -0.2) is 43.5 Å². The molecule has 0 saturated carbocycles. The van der Waals surface area contributed by atoms with Crippen molar-refractivity contribution in [2.45, 2.75) is 38.3 Å². The summed E-state index contributed by atoms with van der Waals surface area (Å²) in [5, 5.41) is 7.51. The van der Waals surface area contributed by atoms with Gasteiger partial charge in [-0.25, -0.2) is 0 Å². The van der Waals surface area contributed by atoms with Crippen molar-refractivity contribution in [3.05, 3.63) is 88.1 Å². The minimum absolute atomic E-state index is 0.0246. The molecule has 36 heavy (non-hydrogen) atoms. The summed E-state index contributed by atoms with van der Waals surface area (Å²) in [5.41, 5.74) is 2.39. The molecule has 0 unspecified atom stereocenters. The van der Waals surface area contributed by atoms with Gasteiger partial charge in [-0.2, -0.15) is 0 Å². The molecule has 8 heteroatoms. The largest absolute Gasteiger partial charge is 0.376 e. The van der Waals surface area contributed by atoms with E-state index in [9.17, 15) is 14.4 Å². The standard InChI is InChI=1S/C28H31N3O4S/c1-2-20-12-14-22(15-13-20)31(25(32)19-30-27(33)24-11-7-17-36-24)26(21-8-4-3-5-9-21)28(34)29-18-23-10-6-16-35-23/h3-5,7-9,11-15,17,23,26H,2,6,10,16,18-19H2,1H3,(H,29,34)(H,30,33)/t23-,26+/m0/s1. The Bertz CT molecular complexity index is 1140. The van der Waals surface area contributed by atoms with Crippen molar-refractivity contribution in [2.75, 3.05) is 24.6 Å². The highest BCUT2D eigenvalue weighted by atomic mass is 32.1. The summed E-state index contributed by atoms with van der Waals surface area (Å²) in [5.74, 6) is -1.00. The third-order valence-corrected chi connectivity index (χ3v) is 7.06. The van der Waals surface area contributed by atoms with Crippen LogP contribution in [0.3, 0.4) is 0 Å². The first-order valence-corrected chi connectivity index (χ1v) is 13.1. The molecule has 1 aromatic heterocycles. The van der Waals surface area contributed by atoms with Crippen LogP contribution < -0.4 is 15.5 Å². The van der Waals surface area contributed by atoms with Crippen LogP contribution in [0.2, 0.25) is 0 Å². The van der Waals surface area contributed by atoms with E-state index in [0.29, 0.717) is 29.3 Å². The monoisotopic (exact) mass is 505 g/mol. The van der Waals surface area contributed by atoms with Crippen molar-refractivity contribution in [3.63, 3.8) is 0 Å². The van der Waals surface area contributed by atoms with Crippen LogP contribution >= 0.6 is 11.3 Å². The summed E-state index contributed by atoms with van der Waals surface area (Å²) in [6, 6.07) is 19.4. The zero-order valence-corrected chi connectivity index (χ0v) is 21.1. The van der Waals surface area contributed by atoms with Crippen LogP contribution in [0.4, 0.5) is 5.69 Å². The highest BCUT2D eigenvalue weighted by Crippen LogP contribution is 2.29. The molecule has 3 aromatic rings. The second-order valence-corrected chi connectivity index (χ2v) is 9.58. The Hall–Kier alpha value is -3.49. The third kappa shape index (κ3) is 6.38. The van der Waals surface area contributed by atoms with Gasteiger partial charge in [0.2, 0.25) is 11.8 Å². The number of benzene rings is 2. The fourth-order valence-electron chi connectivity index (χ4n) is 4.23. The van der Waals surface area contributed by atoms with E-state index in [2.05, 4.69) is 17.6 Å². The van der Waals surface area contributed by atoms with Gasteiger partial charge >= 0.3 is 0 Å². The number of ether oxygens (including phenoxy) is 1. The lowest BCUT2D eigenvalue weighted by Gasteiger charge is -2.32. The summed E-state index contributed by atoms with van der Waals surface area (Å²) in [4.78, 5) is 41.8. The number of hydrogen-bond donors (Lipinski definition) is 2. The van der Waals surface area contributed by atoms with Crippen LogP contribution in [0, 0.1) is 0 Å². The molecule has 2 heterocycles. The highest BCUT2D eigenvalue weighted by molar-refractivity contribution is 7.12. The van der Waals surface area contributed by atoms with Gasteiger partial charge in [-0.05, 0) is 54.0 Å².